The standard InChI is InChI=1S/C20H26FN5O2.HI/c1-4-23-20(26-11-14(2)16(12-26)19(27)28-3)24-10-15-5-6-18(17(21)9-15)25-8-7-22-13-25;/h5-9,13-14,16H,4,10-12H2,1-3H3,(H,23,24);1H. The van der Waals surface area contributed by atoms with Gasteiger partial charge in [-0.1, -0.05) is 13.0 Å². The van der Waals surface area contributed by atoms with Crippen LogP contribution in [0.15, 0.2) is 41.9 Å². The first-order valence-electron chi connectivity index (χ1n) is 9.41. The molecule has 158 valence electrons. The summed E-state index contributed by atoms with van der Waals surface area (Å²) in [6.07, 6.45) is 4.87. The summed E-state index contributed by atoms with van der Waals surface area (Å²) < 4.78 is 21.0. The van der Waals surface area contributed by atoms with Gasteiger partial charge < -0.3 is 19.5 Å². The van der Waals surface area contributed by atoms with E-state index in [9.17, 15) is 9.18 Å². The number of ether oxygens (including phenoxy) is 1. The van der Waals surface area contributed by atoms with Crippen LogP contribution in [0.25, 0.3) is 5.69 Å². The molecule has 1 aliphatic rings. The molecule has 0 bridgehead atoms. The Morgan fingerprint density at radius 2 is 2.21 bits per heavy atom. The van der Waals surface area contributed by atoms with Crippen LogP contribution in [0.1, 0.15) is 19.4 Å². The lowest BCUT2D eigenvalue weighted by atomic mass is 9.99. The molecule has 1 saturated heterocycles. The SMILES string of the molecule is CCNC(=NCc1ccc(-n2ccnc2)c(F)c1)N1CC(C)C(C(=O)OC)C1.I. The fourth-order valence-electron chi connectivity index (χ4n) is 3.45. The molecule has 1 aromatic heterocycles. The number of hydrogen-bond donors (Lipinski definition) is 1. The molecule has 1 fully saturated rings. The molecule has 2 unspecified atom stereocenters. The second-order valence-electron chi connectivity index (χ2n) is 6.94. The van der Waals surface area contributed by atoms with E-state index in [2.05, 4.69) is 20.2 Å². The average molecular weight is 515 g/mol. The highest BCUT2D eigenvalue weighted by Gasteiger charge is 2.36. The van der Waals surface area contributed by atoms with Gasteiger partial charge in [0.2, 0.25) is 0 Å². The second-order valence-corrected chi connectivity index (χ2v) is 6.94. The number of rotatable bonds is 5. The minimum absolute atomic E-state index is 0. The average Bonchev–Trinajstić information content (AvgIpc) is 3.34. The number of hydrogen-bond acceptors (Lipinski definition) is 4. The fourth-order valence-corrected chi connectivity index (χ4v) is 3.45. The number of esters is 1. The van der Waals surface area contributed by atoms with Crippen LogP contribution in [0, 0.1) is 17.7 Å². The van der Waals surface area contributed by atoms with E-state index in [1.807, 2.05) is 19.9 Å². The number of imidazole rings is 1. The summed E-state index contributed by atoms with van der Waals surface area (Å²) in [5.74, 6) is 0.225. The number of nitrogens with zero attached hydrogens (tertiary/aromatic N) is 4. The topological polar surface area (TPSA) is 71.8 Å². The third-order valence-electron chi connectivity index (χ3n) is 4.96. The molecule has 2 atom stereocenters. The minimum Gasteiger partial charge on any atom is -0.469 e. The van der Waals surface area contributed by atoms with Crippen LogP contribution in [0.3, 0.4) is 0 Å². The van der Waals surface area contributed by atoms with Gasteiger partial charge in [-0.25, -0.2) is 14.4 Å². The zero-order valence-electron chi connectivity index (χ0n) is 16.8. The number of carbonyl (C=O) groups excluding carboxylic acids is 1. The van der Waals surface area contributed by atoms with Crippen LogP contribution >= 0.6 is 24.0 Å². The van der Waals surface area contributed by atoms with E-state index in [4.69, 9.17) is 4.74 Å². The summed E-state index contributed by atoms with van der Waals surface area (Å²) in [6.45, 7) is 6.37. The maximum atomic E-state index is 14.4. The highest BCUT2D eigenvalue weighted by molar-refractivity contribution is 14.0. The van der Waals surface area contributed by atoms with E-state index in [0.717, 1.165) is 18.1 Å². The van der Waals surface area contributed by atoms with Crippen molar-refractivity contribution in [3.8, 4) is 5.69 Å². The monoisotopic (exact) mass is 515 g/mol. The first-order chi connectivity index (χ1) is 13.5. The minimum atomic E-state index is -0.323. The van der Waals surface area contributed by atoms with Crippen molar-refractivity contribution >= 4 is 35.9 Å². The Hall–Kier alpha value is -2.17. The van der Waals surface area contributed by atoms with Gasteiger partial charge in [0.15, 0.2) is 5.96 Å². The lowest BCUT2D eigenvalue weighted by Gasteiger charge is -2.21. The van der Waals surface area contributed by atoms with Gasteiger partial charge in [-0.15, -0.1) is 24.0 Å². The van der Waals surface area contributed by atoms with Crippen molar-refractivity contribution in [1.82, 2.24) is 19.8 Å². The number of aliphatic imine (C=N–C) groups is 1. The molecule has 0 amide bonds. The molecule has 0 aliphatic carbocycles. The van der Waals surface area contributed by atoms with Crippen molar-refractivity contribution in [3.63, 3.8) is 0 Å². The number of likely N-dealkylation sites (tertiary alicyclic amines) is 1. The maximum absolute atomic E-state index is 14.4. The van der Waals surface area contributed by atoms with E-state index >= 15 is 0 Å². The third-order valence-corrected chi connectivity index (χ3v) is 4.96. The van der Waals surface area contributed by atoms with E-state index < -0.39 is 0 Å². The third kappa shape index (κ3) is 5.46. The van der Waals surface area contributed by atoms with E-state index in [-0.39, 0.29) is 47.6 Å². The van der Waals surface area contributed by atoms with Gasteiger partial charge in [0.05, 0.1) is 31.6 Å². The van der Waals surface area contributed by atoms with Crippen molar-refractivity contribution in [2.24, 2.45) is 16.8 Å². The normalized spacial score (nSPS) is 19.0. The summed E-state index contributed by atoms with van der Waals surface area (Å²) in [4.78, 5) is 22.6. The molecule has 29 heavy (non-hydrogen) atoms. The van der Waals surface area contributed by atoms with Crippen molar-refractivity contribution in [1.29, 1.82) is 0 Å². The van der Waals surface area contributed by atoms with Crippen LogP contribution in [-0.4, -0.2) is 53.1 Å². The van der Waals surface area contributed by atoms with Crippen molar-refractivity contribution in [2.45, 2.75) is 20.4 Å². The number of benzene rings is 1. The van der Waals surface area contributed by atoms with Gasteiger partial charge >= 0.3 is 5.97 Å². The quantitative estimate of drug-likeness (QED) is 0.287. The smallest absolute Gasteiger partial charge is 0.310 e. The zero-order chi connectivity index (χ0) is 20.1. The Bertz CT molecular complexity index is 843. The van der Waals surface area contributed by atoms with E-state index in [0.29, 0.717) is 25.3 Å². The Balaban J connectivity index is 0.00000300. The predicted molar refractivity (Wildman–Crippen MR) is 120 cm³/mol. The van der Waals surface area contributed by atoms with Crippen LogP contribution < -0.4 is 5.32 Å². The Kier molecular flexibility index (Phi) is 8.42. The summed E-state index contributed by atoms with van der Waals surface area (Å²) >= 11 is 0. The molecular formula is C20H27FIN5O2. The Morgan fingerprint density at radius 1 is 1.41 bits per heavy atom. The molecule has 0 radical (unpaired) electrons. The number of aromatic nitrogens is 2. The molecule has 2 heterocycles. The molecular weight excluding hydrogens is 488 g/mol. The fraction of sp³-hybridized carbons (Fsp3) is 0.450. The molecule has 1 aliphatic heterocycles. The van der Waals surface area contributed by atoms with Gasteiger partial charge in [-0.2, -0.15) is 0 Å². The van der Waals surface area contributed by atoms with Gasteiger partial charge in [0, 0.05) is 32.0 Å². The van der Waals surface area contributed by atoms with Gasteiger partial charge in [0.25, 0.3) is 0 Å². The molecule has 2 aromatic rings. The number of methoxy groups -OCH3 is 1. The van der Waals surface area contributed by atoms with E-state index in [1.165, 1.54) is 13.2 Å². The molecule has 1 N–H and O–H groups in total. The first-order valence-corrected chi connectivity index (χ1v) is 9.41. The Morgan fingerprint density at radius 3 is 2.83 bits per heavy atom. The lowest BCUT2D eigenvalue weighted by Crippen LogP contribution is -2.40. The molecule has 3 rings (SSSR count). The maximum Gasteiger partial charge on any atom is 0.310 e. The molecule has 0 spiro atoms. The largest absolute Gasteiger partial charge is 0.469 e. The molecule has 7 nitrogen and oxygen atoms in total. The molecule has 9 heteroatoms. The zero-order valence-corrected chi connectivity index (χ0v) is 19.2. The first kappa shape index (κ1) is 23.1. The summed E-state index contributed by atoms with van der Waals surface area (Å²) in [7, 11) is 1.42. The van der Waals surface area contributed by atoms with E-state index in [1.54, 1.807) is 29.4 Å². The lowest BCUT2D eigenvalue weighted by molar-refractivity contribution is -0.145. The van der Waals surface area contributed by atoms with Crippen LogP contribution in [0.2, 0.25) is 0 Å². The Labute approximate surface area is 187 Å². The number of nitrogens with one attached hydrogen (secondary N) is 1. The highest BCUT2D eigenvalue weighted by Crippen LogP contribution is 2.24. The van der Waals surface area contributed by atoms with Crippen LogP contribution in [0.5, 0.6) is 0 Å². The van der Waals surface area contributed by atoms with Crippen molar-refractivity contribution in [3.05, 3.63) is 48.3 Å². The number of halogens is 2. The van der Waals surface area contributed by atoms with Crippen molar-refractivity contribution < 1.29 is 13.9 Å². The number of carbonyl (C=O) groups is 1. The van der Waals surface area contributed by atoms with Gasteiger partial charge in [-0.05, 0) is 30.5 Å². The van der Waals surface area contributed by atoms with Crippen LogP contribution in [-0.2, 0) is 16.1 Å². The van der Waals surface area contributed by atoms with Crippen molar-refractivity contribution in [2.75, 3.05) is 26.7 Å². The van der Waals surface area contributed by atoms with Gasteiger partial charge in [0.1, 0.15) is 5.82 Å². The number of guanidine groups is 1. The summed E-state index contributed by atoms with van der Waals surface area (Å²) in [5.41, 5.74) is 1.22. The predicted octanol–water partition coefficient (Wildman–Crippen LogP) is 2.84. The summed E-state index contributed by atoms with van der Waals surface area (Å²) in [5, 5.41) is 3.26. The molecule has 0 saturated carbocycles. The van der Waals surface area contributed by atoms with Crippen LogP contribution in [0.4, 0.5) is 4.39 Å². The van der Waals surface area contributed by atoms with Gasteiger partial charge in [-0.3, -0.25) is 4.79 Å². The highest BCUT2D eigenvalue weighted by atomic mass is 127. The second kappa shape index (κ2) is 10.6. The molecule has 1 aromatic carbocycles. The summed E-state index contributed by atoms with van der Waals surface area (Å²) in [6, 6.07) is 5.07.